The number of fused-ring (bicyclic) bond motifs is 3. The van der Waals surface area contributed by atoms with Gasteiger partial charge in [0, 0.05) is 16.4 Å². The average molecular weight is 449 g/mol. The molecule has 0 fully saturated rings. The van der Waals surface area contributed by atoms with E-state index in [0.29, 0.717) is 12.4 Å². The van der Waals surface area contributed by atoms with Gasteiger partial charge >= 0.3 is 0 Å². The van der Waals surface area contributed by atoms with Crippen LogP contribution in [0.5, 0.6) is 5.75 Å². The van der Waals surface area contributed by atoms with Crippen LogP contribution < -0.4 is 4.74 Å². The van der Waals surface area contributed by atoms with E-state index in [9.17, 15) is 0 Å². The number of aryl methyl sites for hydroxylation is 1. The number of hydrogen-bond donors (Lipinski definition) is 0. The Morgan fingerprint density at radius 1 is 1.00 bits per heavy atom. The van der Waals surface area contributed by atoms with Crippen LogP contribution in [0.4, 0.5) is 0 Å². The summed E-state index contributed by atoms with van der Waals surface area (Å²) in [4.78, 5) is 13.9. The molecule has 0 aliphatic carbocycles. The van der Waals surface area contributed by atoms with Crippen LogP contribution in [-0.2, 0) is 6.61 Å². The molecule has 7 nitrogen and oxygen atoms in total. The molecule has 0 atom stereocenters. The van der Waals surface area contributed by atoms with Gasteiger partial charge in [-0.1, -0.05) is 18.2 Å². The van der Waals surface area contributed by atoms with Crippen LogP contribution in [0.15, 0.2) is 59.5 Å². The standard InChI is InChI=1S/C21H17BrN6O/c1-13-14(2)28(18-9-8-15(22)10-23-18)20-19(13)21-25-17(26-27(21)12-24-20)11-29-16-6-4-3-5-7-16/h3-10,12H,11H2,1-2H3. The van der Waals surface area contributed by atoms with Gasteiger partial charge in [0.25, 0.3) is 0 Å². The van der Waals surface area contributed by atoms with Crippen molar-refractivity contribution in [2.24, 2.45) is 0 Å². The van der Waals surface area contributed by atoms with E-state index in [-0.39, 0.29) is 0 Å². The van der Waals surface area contributed by atoms with Gasteiger partial charge in [-0.25, -0.2) is 19.5 Å². The molecule has 0 spiro atoms. The first-order chi connectivity index (χ1) is 14.1. The molecule has 0 saturated carbocycles. The van der Waals surface area contributed by atoms with Crippen molar-refractivity contribution in [3.05, 3.63) is 76.5 Å². The monoisotopic (exact) mass is 448 g/mol. The highest BCUT2D eigenvalue weighted by atomic mass is 79.9. The molecule has 0 unspecified atom stereocenters. The zero-order valence-electron chi connectivity index (χ0n) is 15.9. The number of benzene rings is 1. The van der Waals surface area contributed by atoms with Crippen molar-refractivity contribution in [2.75, 3.05) is 0 Å². The van der Waals surface area contributed by atoms with Crippen LogP contribution in [0.1, 0.15) is 17.1 Å². The molecular formula is C21H17BrN6O. The molecule has 0 N–H and O–H groups in total. The van der Waals surface area contributed by atoms with E-state index < -0.39 is 0 Å². The van der Waals surface area contributed by atoms with Gasteiger partial charge in [-0.15, -0.1) is 5.10 Å². The van der Waals surface area contributed by atoms with Gasteiger partial charge in [0.1, 0.15) is 24.5 Å². The van der Waals surface area contributed by atoms with Crippen LogP contribution in [0.25, 0.3) is 22.5 Å². The summed E-state index contributed by atoms with van der Waals surface area (Å²) in [7, 11) is 0. The Morgan fingerprint density at radius 3 is 2.59 bits per heavy atom. The number of halogens is 1. The number of aromatic nitrogens is 6. The molecule has 0 aliphatic rings. The second-order valence-corrected chi connectivity index (χ2v) is 7.64. The molecule has 144 valence electrons. The molecule has 4 aromatic heterocycles. The highest BCUT2D eigenvalue weighted by molar-refractivity contribution is 9.10. The second-order valence-electron chi connectivity index (χ2n) is 6.72. The zero-order chi connectivity index (χ0) is 20.0. The summed E-state index contributed by atoms with van der Waals surface area (Å²) >= 11 is 3.44. The number of nitrogens with zero attached hydrogens (tertiary/aromatic N) is 6. The van der Waals surface area contributed by atoms with Crippen molar-refractivity contribution < 1.29 is 4.74 Å². The molecule has 5 aromatic rings. The Kier molecular flexibility index (Phi) is 4.28. The van der Waals surface area contributed by atoms with Crippen LogP contribution in [-0.4, -0.2) is 29.1 Å². The van der Waals surface area contributed by atoms with Crippen LogP contribution in [0.3, 0.4) is 0 Å². The Morgan fingerprint density at radius 2 is 1.83 bits per heavy atom. The van der Waals surface area contributed by atoms with E-state index >= 15 is 0 Å². The SMILES string of the molecule is Cc1c(C)n(-c2ccc(Br)cn2)c2ncn3nc(COc4ccccc4)nc3c12. The number of hydrogen-bond acceptors (Lipinski definition) is 5. The minimum atomic E-state index is 0.292. The molecule has 0 saturated heterocycles. The smallest absolute Gasteiger partial charge is 0.189 e. The maximum absolute atomic E-state index is 5.79. The minimum absolute atomic E-state index is 0.292. The largest absolute Gasteiger partial charge is 0.486 e. The van der Waals surface area contributed by atoms with Crippen molar-refractivity contribution in [1.29, 1.82) is 0 Å². The number of pyridine rings is 1. The summed E-state index contributed by atoms with van der Waals surface area (Å²) in [5, 5.41) is 5.50. The van der Waals surface area contributed by atoms with E-state index in [1.54, 1.807) is 17.0 Å². The maximum atomic E-state index is 5.79. The third-order valence-corrected chi connectivity index (χ3v) is 5.40. The molecule has 4 heterocycles. The normalized spacial score (nSPS) is 11.4. The second kappa shape index (κ2) is 6.97. The molecule has 0 radical (unpaired) electrons. The molecule has 0 aliphatic heterocycles. The van der Waals surface area contributed by atoms with Gasteiger partial charge in [0.15, 0.2) is 17.1 Å². The lowest BCUT2D eigenvalue weighted by Crippen LogP contribution is -2.01. The Hall–Kier alpha value is -3.26. The first kappa shape index (κ1) is 17.8. The lowest BCUT2D eigenvalue weighted by atomic mass is 10.2. The van der Waals surface area contributed by atoms with Crippen molar-refractivity contribution in [2.45, 2.75) is 20.5 Å². The first-order valence-electron chi connectivity index (χ1n) is 9.13. The van der Waals surface area contributed by atoms with Gasteiger partial charge < -0.3 is 4.74 Å². The Bertz CT molecular complexity index is 1320. The summed E-state index contributed by atoms with van der Waals surface area (Å²) in [6, 6.07) is 13.6. The summed E-state index contributed by atoms with van der Waals surface area (Å²) in [6.45, 7) is 4.43. The fourth-order valence-corrected chi connectivity index (χ4v) is 3.65. The van der Waals surface area contributed by atoms with E-state index in [2.05, 4.69) is 44.8 Å². The topological polar surface area (TPSA) is 70.1 Å². The Balaban J connectivity index is 1.60. The lowest BCUT2D eigenvalue weighted by Gasteiger charge is -2.06. The lowest BCUT2D eigenvalue weighted by molar-refractivity contribution is 0.296. The molecular weight excluding hydrogens is 432 g/mol. The fraction of sp³-hybridized carbons (Fsp3) is 0.143. The molecule has 0 amide bonds. The van der Waals surface area contributed by atoms with Crippen LogP contribution >= 0.6 is 15.9 Å². The zero-order valence-corrected chi connectivity index (χ0v) is 17.5. The van der Waals surface area contributed by atoms with E-state index in [1.807, 2.05) is 47.0 Å². The van der Waals surface area contributed by atoms with E-state index in [4.69, 9.17) is 9.72 Å². The average Bonchev–Trinajstić information content (AvgIpc) is 3.27. The van der Waals surface area contributed by atoms with E-state index in [0.717, 1.165) is 44.0 Å². The van der Waals surface area contributed by atoms with Gasteiger partial charge in [-0.2, -0.15) is 0 Å². The number of ether oxygens (including phenoxy) is 1. The first-order valence-corrected chi connectivity index (χ1v) is 9.93. The summed E-state index contributed by atoms with van der Waals surface area (Å²) in [5.41, 5.74) is 3.75. The predicted molar refractivity (Wildman–Crippen MR) is 113 cm³/mol. The van der Waals surface area contributed by atoms with Crippen molar-refractivity contribution >= 4 is 32.6 Å². The van der Waals surface area contributed by atoms with Crippen molar-refractivity contribution in [3.63, 3.8) is 0 Å². The highest BCUT2D eigenvalue weighted by Gasteiger charge is 2.19. The predicted octanol–water partition coefficient (Wildman–Crippen LogP) is 4.42. The third-order valence-electron chi connectivity index (χ3n) is 4.93. The van der Waals surface area contributed by atoms with Gasteiger partial charge in [-0.3, -0.25) is 4.57 Å². The third kappa shape index (κ3) is 3.05. The molecule has 0 bridgehead atoms. The number of para-hydroxylation sites is 1. The summed E-state index contributed by atoms with van der Waals surface area (Å²) in [6.07, 6.45) is 3.47. The molecule has 1 aromatic carbocycles. The maximum Gasteiger partial charge on any atom is 0.189 e. The van der Waals surface area contributed by atoms with Gasteiger partial charge in [-0.05, 0) is 59.6 Å². The van der Waals surface area contributed by atoms with E-state index in [1.165, 1.54) is 0 Å². The number of rotatable bonds is 4. The fourth-order valence-electron chi connectivity index (χ4n) is 3.41. The molecule has 8 heteroatoms. The van der Waals surface area contributed by atoms with Crippen LogP contribution in [0.2, 0.25) is 0 Å². The molecule has 29 heavy (non-hydrogen) atoms. The van der Waals surface area contributed by atoms with Crippen molar-refractivity contribution in [1.82, 2.24) is 29.1 Å². The highest BCUT2D eigenvalue weighted by Crippen LogP contribution is 2.29. The van der Waals surface area contributed by atoms with Crippen LogP contribution in [0, 0.1) is 13.8 Å². The summed E-state index contributed by atoms with van der Waals surface area (Å²) in [5.74, 6) is 2.21. The van der Waals surface area contributed by atoms with Gasteiger partial charge in [0.2, 0.25) is 0 Å². The minimum Gasteiger partial charge on any atom is -0.486 e. The van der Waals surface area contributed by atoms with Crippen molar-refractivity contribution in [3.8, 4) is 11.6 Å². The molecule has 5 rings (SSSR count). The summed E-state index contributed by atoms with van der Waals surface area (Å²) < 4.78 is 10.5. The Labute approximate surface area is 175 Å². The van der Waals surface area contributed by atoms with Gasteiger partial charge in [0.05, 0.1) is 5.39 Å². The quantitative estimate of drug-likeness (QED) is 0.406.